The zero-order chi connectivity index (χ0) is 38.7. The Balaban J connectivity index is 1.76. The number of anilines is 1. The molecule has 282 valence electrons. The van der Waals surface area contributed by atoms with E-state index in [1.54, 1.807) is 59.9 Å². The summed E-state index contributed by atoms with van der Waals surface area (Å²) < 4.78 is 10.4. The van der Waals surface area contributed by atoms with Crippen molar-refractivity contribution in [1.29, 1.82) is 0 Å². The molecule has 0 bridgehead atoms. The van der Waals surface area contributed by atoms with Gasteiger partial charge in [0.2, 0.25) is 12.7 Å². The molecule has 3 aliphatic rings. The van der Waals surface area contributed by atoms with Crippen molar-refractivity contribution in [1.82, 2.24) is 9.80 Å². The van der Waals surface area contributed by atoms with Crippen LogP contribution < -0.4 is 10.6 Å². The van der Waals surface area contributed by atoms with E-state index in [2.05, 4.69) is 0 Å². The molecule has 5 N–H and O–H groups in total. The summed E-state index contributed by atoms with van der Waals surface area (Å²) in [7, 11) is 6.65. The molecule has 0 saturated heterocycles. The maximum Gasteiger partial charge on any atom is 0.412 e. The second-order valence-corrected chi connectivity index (χ2v) is 16.7. The minimum absolute atomic E-state index is 0.0183. The van der Waals surface area contributed by atoms with Gasteiger partial charge in [-0.25, -0.2) is 4.79 Å². The number of hydrogen-bond acceptors (Lipinski definition) is 13. The second kappa shape index (κ2) is 13.8. The van der Waals surface area contributed by atoms with E-state index >= 15 is 0 Å². The lowest BCUT2D eigenvalue weighted by atomic mass is 9.52. The minimum Gasteiger partial charge on any atom is -0.507 e. The minimum atomic E-state index is -2.79. The number of primary amides is 1. The average Bonchev–Trinajstić information content (AvgIpc) is 2.98. The van der Waals surface area contributed by atoms with Crippen LogP contribution in [0.25, 0.3) is 0 Å². The van der Waals surface area contributed by atoms with Crippen molar-refractivity contribution >= 4 is 41.0 Å². The van der Waals surface area contributed by atoms with Crippen molar-refractivity contribution in [2.75, 3.05) is 46.4 Å². The number of carbonyl (C=O) groups excluding carboxylic acids is 6. The number of fused-ring (bicyclic) bond motifs is 3. The summed E-state index contributed by atoms with van der Waals surface area (Å²) in [6.45, 7) is 9.90. The van der Waals surface area contributed by atoms with Crippen LogP contribution in [-0.4, -0.2) is 120 Å². The number of ether oxygens (including phenoxy) is 2. The number of hydrogen-bond donors (Lipinski definition) is 4. The quantitative estimate of drug-likeness (QED) is 0.170. The number of rotatable bonds is 8. The first-order valence-corrected chi connectivity index (χ1v) is 17.0. The summed E-state index contributed by atoms with van der Waals surface area (Å²) in [4.78, 5) is 84.9. The Kier molecular flexibility index (Phi) is 10.7. The van der Waals surface area contributed by atoms with Crippen molar-refractivity contribution in [2.24, 2.45) is 40.2 Å². The van der Waals surface area contributed by atoms with Gasteiger partial charge in [0.1, 0.15) is 11.7 Å². The molecule has 0 radical (unpaired) electrons. The molecular weight excluding hydrogens is 664 g/mol. The highest BCUT2D eigenvalue weighted by atomic mass is 16.7. The number of amides is 2. The lowest BCUT2D eigenvalue weighted by molar-refractivity contribution is -0.190. The molecular formula is C36H52N4O11. The number of aliphatic hydroxyl groups is 2. The van der Waals surface area contributed by atoms with Gasteiger partial charge in [-0.1, -0.05) is 20.8 Å². The Bertz CT molecular complexity index is 1630. The molecule has 7 atom stereocenters. The number of Topliss-reactive ketones (excluding diaryl/α,β-unsaturated/α-hetero) is 3. The van der Waals surface area contributed by atoms with E-state index < -0.39 is 100 Å². The number of aliphatic hydroxyl groups excluding tert-OH is 1. The molecule has 4 rings (SSSR count). The molecule has 2 fully saturated rings. The molecule has 0 heterocycles. The topological polar surface area (TPSA) is 217 Å². The maximum absolute atomic E-state index is 14.4. The summed E-state index contributed by atoms with van der Waals surface area (Å²) in [6.07, 6.45) is -2.34. The van der Waals surface area contributed by atoms with Gasteiger partial charge < -0.3 is 45.2 Å². The number of esters is 1. The molecule has 15 heteroatoms. The summed E-state index contributed by atoms with van der Waals surface area (Å²) in [5.74, 6) is -10.7. The molecule has 3 aliphatic carbocycles. The van der Waals surface area contributed by atoms with Crippen LogP contribution in [0.3, 0.4) is 0 Å². The number of likely N-dealkylation sites (N-methyl/N-ethyl adjacent to an activating group) is 1. The van der Waals surface area contributed by atoms with E-state index in [1.165, 1.54) is 9.80 Å². The van der Waals surface area contributed by atoms with Crippen molar-refractivity contribution in [2.45, 2.75) is 78.7 Å². The summed E-state index contributed by atoms with van der Waals surface area (Å²) in [5.41, 5.74) is 2.39. The molecule has 51 heavy (non-hydrogen) atoms. The van der Waals surface area contributed by atoms with Crippen molar-refractivity contribution in [3.63, 3.8) is 0 Å². The third kappa shape index (κ3) is 7.20. The molecule has 1 aromatic carbocycles. The Labute approximate surface area is 298 Å². The fraction of sp³-hybridized carbons (Fsp3) is 0.667. The molecule has 0 spiro atoms. The maximum atomic E-state index is 14.4. The number of phenolic OH excluding ortho intramolecular Hbond substituents is 1. The van der Waals surface area contributed by atoms with Crippen LogP contribution >= 0.6 is 0 Å². The van der Waals surface area contributed by atoms with Crippen LogP contribution in [0, 0.1) is 34.5 Å². The predicted octanol–water partition coefficient (Wildman–Crippen LogP) is 1.26. The Morgan fingerprint density at radius 3 is 2.12 bits per heavy atom. The van der Waals surface area contributed by atoms with Crippen molar-refractivity contribution in [3.05, 3.63) is 22.8 Å². The molecule has 1 aromatic rings. The van der Waals surface area contributed by atoms with Gasteiger partial charge in [0.05, 0.1) is 29.5 Å². The van der Waals surface area contributed by atoms with Gasteiger partial charge in [0.15, 0.2) is 23.0 Å². The Hall–Kier alpha value is -4.08. The van der Waals surface area contributed by atoms with E-state index in [9.17, 15) is 44.1 Å². The summed E-state index contributed by atoms with van der Waals surface area (Å²) >= 11 is 0. The second-order valence-electron chi connectivity index (χ2n) is 16.7. The lowest BCUT2D eigenvalue weighted by Crippen LogP contribution is -2.75. The number of aromatic hydroxyl groups is 1. The molecule has 0 aromatic heterocycles. The highest BCUT2D eigenvalue weighted by Gasteiger charge is 2.69. The SMILES string of the molecule is CN(C)c1cc(CN(CC(C)(C)C)C(=O)OCOC(=O)C(C)(C)C)c(O)c2c1C[C@@H]1C[C@@H]3[C@@H](N(C)C)C(O)C(C(N)=O)C(=O)[C@]3(O)C(=O)C1C2=O. The van der Waals surface area contributed by atoms with Gasteiger partial charge in [-0.15, -0.1) is 0 Å². The molecule has 0 aliphatic heterocycles. The standard InChI is InChI=1S/C36H52N4O11/c1-34(2,3)15-40(33(48)51-16-50-32(47)35(4,5)6)14-18-13-21(38(7)8)19-11-17-12-20-25(39(9)10)28(43)24(31(37)46)30(45)36(20,49)29(44)22(17)27(42)23(19)26(18)41/h13,17,20,22,24-25,28,41,43,49H,11-12,14-16H2,1-10H3,(H2,37,46)/t17-,20-,22?,24?,25-,28?,36-/m1/s1. The summed E-state index contributed by atoms with van der Waals surface area (Å²) in [6, 6.07) is 0.639. The van der Waals surface area contributed by atoms with E-state index in [1.807, 2.05) is 20.8 Å². The van der Waals surface area contributed by atoms with Crippen LogP contribution in [-0.2, 0) is 41.6 Å². The van der Waals surface area contributed by atoms with Crippen LogP contribution in [0.4, 0.5) is 10.5 Å². The molecule has 2 saturated carbocycles. The smallest absolute Gasteiger partial charge is 0.412 e. The fourth-order valence-corrected chi connectivity index (χ4v) is 7.85. The first kappa shape index (κ1) is 39.7. The third-order valence-corrected chi connectivity index (χ3v) is 10.1. The van der Waals surface area contributed by atoms with Gasteiger partial charge in [-0.3, -0.25) is 24.0 Å². The normalized spacial score (nSPS) is 27.7. The van der Waals surface area contributed by atoms with Gasteiger partial charge in [-0.2, -0.15) is 0 Å². The molecule has 3 unspecified atom stereocenters. The number of nitrogens with two attached hydrogens (primary N) is 1. The Morgan fingerprint density at radius 2 is 1.61 bits per heavy atom. The highest BCUT2D eigenvalue weighted by molar-refractivity contribution is 6.25. The monoisotopic (exact) mass is 716 g/mol. The van der Waals surface area contributed by atoms with Gasteiger partial charge in [-0.05, 0) is 70.7 Å². The highest BCUT2D eigenvalue weighted by Crippen LogP contribution is 2.53. The first-order valence-electron chi connectivity index (χ1n) is 17.0. The number of benzene rings is 1. The zero-order valence-corrected chi connectivity index (χ0v) is 31.1. The van der Waals surface area contributed by atoms with Gasteiger partial charge >= 0.3 is 12.1 Å². The average molecular weight is 717 g/mol. The van der Waals surface area contributed by atoms with E-state index in [-0.39, 0.29) is 37.1 Å². The van der Waals surface area contributed by atoms with E-state index in [0.29, 0.717) is 11.3 Å². The number of ketones is 3. The van der Waals surface area contributed by atoms with E-state index in [4.69, 9.17) is 15.2 Å². The zero-order valence-electron chi connectivity index (χ0n) is 31.1. The number of carbonyl (C=O) groups is 6. The largest absolute Gasteiger partial charge is 0.507 e. The van der Waals surface area contributed by atoms with Gasteiger partial charge in [0, 0.05) is 43.9 Å². The fourth-order valence-electron chi connectivity index (χ4n) is 7.85. The first-order chi connectivity index (χ1) is 23.3. The predicted molar refractivity (Wildman–Crippen MR) is 183 cm³/mol. The van der Waals surface area contributed by atoms with Crippen molar-refractivity contribution in [3.8, 4) is 5.75 Å². The molecule has 15 nitrogen and oxygen atoms in total. The summed E-state index contributed by atoms with van der Waals surface area (Å²) in [5, 5.41) is 34.8. The van der Waals surface area contributed by atoms with Crippen LogP contribution in [0.2, 0.25) is 0 Å². The number of phenols is 1. The Morgan fingerprint density at radius 1 is 1.00 bits per heavy atom. The lowest BCUT2D eigenvalue weighted by Gasteiger charge is -2.55. The van der Waals surface area contributed by atoms with Crippen LogP contribution in [0.5, 0.6) is 5.75 Å². The van der Waals surface area contributed by atoms with E-state index in [0.717, 1.165) is 0 Å². The third-order valence-electron chi connectivity index (χ3n) is 10.1. The van der Waals surface area contributed by atoms with Crippen LogP contribution in [0.1, 0.15) is 69.4 Å². The molecule has 2 amide bonds. The van der Waals surface area contributed by atoms with Gasteiger partial charge in [0.25, 0.3) is 0 Å². The van der Waals surface area contributed by atoms with Crippen LogP contribution in [0.15, 0.2) is 6.07 Å². The van der Waals surface area contributed by atoms with Crippen molar-refractivity contribution < 1.29 is 53.6 Å². The number of nitrogens with zero attached hydrogens (tertiary/aromatic N) is 3.